The molecule has 1 aliphatic rings. The van der Waals surface area contributed by atoms with Crippen molar-refractivity contribution in [3.05, 3.63) is 18.0 Å². The van der Waals surface area contributed by atoms with Crippen molar-refractivity contribution >= 4 is 0 Å². The zero-order valence-electron chi connectivity index (χ0n) is 11.6. The number of rotatable bonds is 4. The second-order valence-corrected chi connectivity index (χ2v) is 5.61. The lowest BCUT2D eigenvalue weighted by Gasteiger charge is -2.26. The smallest absolute Gasteiger partial charge is 0.0554 e. The Kier molecular flexibility index (Phi) is 5.24. The van der Waals surface area contributed by atoms with Crippen molar-refractivity contribution in [1.82, 2.24) is 9.78 Å². The molecule has 3 heteroatoms. The van der Waals surface area contributed by atoms with Crippen LogP contribution in [0, 0.1) is 5.92 Å². The van der Waals surface area contributed by atoms with E-state index in [9.17, 15) is 0 Å². The molecule has 0 amide bonds. The highest BCUT2D eigenvalue weighted by Crippen LogP contribution is 2.31. The highest BCUT2D eigenvalue weighted by molar-refractivity contribution is 5.08. The van der Waals surface area contributed by atoms with E-state index in [2.05, 4.69) is 22.8 Å². The molecule has 1 aromatic heterocycles. The molecule has 0 radical (unpaired) electrons. The fraction of sp³-hybridized carbons (Fsp3) is 0.800. The monoisotopic (exact) mass is 249 g/mol. The van der Waals surface area contributed by atoms with E-state index in [1.165, 1.54) is 50.6 Å². The van der Waals surface area contributed by atoms with E-state index in [4.69, 9.17) is 5.73 Å². The van der Waals surface area contributed by atoms with Crippen LogP contribution in [0.5, 0.6) is 0 Å². The fourth-order valence-corrected chi connectivity index (χ4v) is 3.11. The Balaban J connectivity index is 2.03. The number of hydrogen-bond acceptors (Lipinski definition) is 2. The largest absolute Gasteiger partial charge is 0.322 e. The third kappa shape index (κ3) is 3.35. The van der Waals surface area contributed by atoms with Crippen molar-refractivity contribution in [2.45, 2.75) is 70.9 Å². The van der Waals surface area contributed by atoms with Crippen molar-refractivity contribution in [2.75, 3.05) is 0 Å². The van der Waals surface area contributed by atoms with Gasteiger partial charge in [-0.1, -0.05) is 39.0 Å². The SMILES string of the molecule is CCCn1nccc1C(N)C1CCCCCCC1. The van der Waals surface area contributed by atoms with Crippen LogP contribution in [0.2, 0.25) is 0 Å². The minimum Gasteiger partial charge on any atom is -0.322 e. The lowest BCUT2D eigenvalue weighted by Crippen LogP contribution is -2.25. The summed E-state index contributed by atoms with van der Waals surface area (Å²) >= 11 is 0. The molecular weight excluding hydrogens is 222 g/mol. The van der Waals surface area contributed by atoms with Crippen molar-refractivity contribution in [3.8, 4) is 0 Å². The van der Waals surface area contributed by atoms with Gasteiger partial charge in [0.1, 0.15) is 0 Å². The molecule has 1 saturated carbocycles. The molecule has 0 saturated heterocycles. The van der Waals surface area contributed by atoms with E-state index in [0.29, 0.717) is 5.92 Å². The minimum absolute atomic E-state index is 0.178. The normalized spacial score (nSPS) is 20.3. The predicted molar refractivity (Wildman–Crippen MR) is 75.3 cm³/mol. The summed E-state index contributed by atoms with van der Waals surface area (Å²) in [6, 6.07) is 2.29. The van der Waals surface area contributed by atoms with Crippen molar-refractivity contribution in [1.29, 1.82) is 0 Å². The zero-order chi connectivity index (χ0) is 12.8. The topological polar surface area (TPSA) is 43.8 Å². The fourth-order valence-electron chi connectivity index (χ4n) is 3.11. The van der Waals surface area contributed by atoms with Gasteiger partial charge in [-0.15, -0.1) is 0 Å². The summed E-state index contributed by atoms with van der Waals surface area (Å²) in [6.07, 6.45) is 12.5. The summed E-state index contributed by atoms with van der Waals surface area (Å²) in [5.74, 6) is 0.651. The van der Waals surface area contributed by atoms with Crippen LogP contribution in [0.3, 0.4) is 0 Å². The molecule has 1 fully saturated rings. The van der Waals surface area contributed by atoms with E-state index in [0.717, 1.165) is 13.0 Å². The second-order valence-electron chi connectivity index (χ2n) is 5.61. The third-order valence-electron chi connectivity index (χ3n) is 4.18. The molecule has 1 heterocycles. The van der Waals surface area contributed by atoms with Crippen LogP contribution >= 0.6 is 0 Å². The van der Waals surface area contributed by atoms with Gasteiger partial charge in [-0.3, -0.25) is 4.68 Å². The molecule has 1 aliphatic carbocycles. The maximum atomic E-state index is 6.50. The van der Waals surface area contributed by atoms with E-state index in [-0.39, 0.29) is 6.04 Å². The average molecular weight is 249 g/mol. The molecule has 0 aromatic carbocycles. The van der Waals surface area contributed by atoms with Gasteiger partial charge in [0.05, 0.1) is 5.69 Å². The maximum Gasteiger partial charge on any atom is 0.0554 e. The van der Waals surface area contributed by atoms with Gasteiger partial charge in [-0.25, -0.2) is 0 Å². The quantitative estimate of drug-likeness (QED) is 0.885. The summed E-state index contributed by atoms with van der Waals surface area (Å²) in [7, 11) is 0. The van der Waals surface area contributed by atoms with Gasteiger partial charge < -0.3 is 5.73 Å². The molecular formula is C15H27N3. The zero-order valence-corrected chi connectivity index (χ0v) is 11.6. The summed E-state index contributed by atoms with van der Waals surface area (Å²) < 4.78 is 2.10. The molecule has 0 bridgehead atoms. The second kappa shape index (κ2) is 6.93. The molecule has 3 nitrogen and oxygen atoms in total. The molecule has 18 heavy (non-hydrogen) atoms. The van der Waals surface area contributed by atoms with Gasteiger partial charge in [0.15, 0.2) is 0 Å². The first kappa shape index (κ1) is 13.6. The van der Waals surface area contributed by atoms with E-state index < -0.39 is 0 Å². The van der Waals surface area contributed by atoms with Gasteiger partial charge in [0, 0.05) is 18.8 Å². The molecule has 0 aliphatic heterocycles. The molecule has 1 unspecified atom stereocenters. The number of hydrogen-bond donors (Lipinski definition) is 1. The van der Waals surface area contributed by atoms with Gasteiger partial charge >= 0.3 is 0 Å². The predicted octanol–water partition coefficient (Wildman–Crippen LogP) is 3.65. The highest BCUT2D eigenvalue weighted by atomic mass is 15.3. The van der Waals surface area contributed by atoms with Crippen molar-refractivity contribution < 1.29 is 0 Å². The number of aromatic nitrogens is 2. The maximum absolute atomic E-state index is 6.50. The minimum atomic E-state index is 0.178. The third-order valence-corrected chi connectivity index (χ3v) is 4.18. The van der Waals surface area contributed by atoms with Crippen LogP contribution in [0.4, 0.5) is 0 Å². The molecule has 1 aromatic rings. The van der Waals surface area contributed by atoms with E-state index in [1.54, 1.807) is 0 Å². The van der Waals surface area contributed by atoms with Crippen LogP contribution < -0.4 is 5.73 Å². The van der Waals surface area contributed by atoms with E-state index >= 15 is 0 Å². The lowest BCUT2D eigenvalue weighted by atomic mass is 9.85. The van der Waals surface area contributed by atoms with Crippen LogP contribution in [0.25, 0.3) is 0 Å². The van der Waals surface area contributed by atoms with Crippen LogP contribution in [-0.4, -0.2) is 9.78 Å². The molecule has 102 valence electrons. The Hall–Kier alpha value is -0.830. The Bertz CT molecular complexity index is 337. The van der Waals surface area contributed by atoms with Crippen molar-refractivity contribution in [2.24, 2.45) is 11.7 Å². The average Bonchev–Trinajstić information content (AvgIpc) is 2.76. The van der Waals surface area contributed by atoms with Crippen LogP contribution in [-0.2, 0) is 6.54 Å². The Morgan fingerprint density at radius 2 is 1.94 bits per heavy atom. The first-order chi connectivity index (χ1) is 8.83. The Morgan fingerprint density at radius 3 is 2.61 bits per heavy atom. The van der Waals surface area contributed by atoms with Crippen LogP contribution in [0.1, 0.15) is 70.0 Å². The van der Waals surface area contributed by atoms with Crippen LogP contribution in [0.15, 0.2) is 12.3 Å². The van der Waals surface area contributed by atoms with Gasteiger partial charge in [0.25, 0.3) is 0 Å². The summed E-state index contributed by atoms with van der Waals surface area (Å²) in [5.41, 5.74) is 7.74. The molecule has 0 spiro atoms. The summed E-state index contributed by atoms with van der Waals surface area (Å²) in [5, 5.41) is 4.40. The molecule has 2 N–H and O–H groups in total. The first-order valence-electron chi connectivity index (χ1n) is 7.60. The molecule has 2 rings (SSSR count). The Labute approximate surface area is 111 Å². The number of nitrogens with two attached hydrogens (primary N) is 1. The number of aryl methyl sites for hydroxylation is 1. The van der Waals surface area contributed by atoms with E-state index in [1.807, 2.05) is 6.20 Å². The number of nitrogens with zero attached hydrogens (tertiary/aromatic N) is 2. The first-order valence-corrected chi connectivity index (χ1v) is 7.60. The van der Waals surface area contributed by atoms with Crippen molar-refractivity contribution in [3.63, 3.8) is 0 Å². The van der Waals surface area contributed by atoms with Gasteiger partial charge in [-0.05, 0) is 31.2 Å². The Morgan fingerprint density at radius 1 is 1.28 bits per heavy atom. The highest BCUT2D eigenvalue weighted by Gasteiger charge is 2.22. The van der Waals surface area contributed by atoms with Gasteiger partial charge in [0.2, 0.25) is 0 Å². The van der Waals surface area contributed by atoms with Gasteiger partial charge in [-0.2, -0.15) is 5.10 Å². The standard InChI is InChI=1S/C15H27N3/c1-2-12-18-14(10-11-17-18)15(16)13-8-6-4-3-5-7-9-13/h10-11,13,15H,2-9,12,16H2,1H3. The summed E-state index contributed by atoms with van der Waals surface area (Å²) in [4.78, 5) is 0. The summed E-state index contributed by atoms with van der Waals surface area (Å²) in [6.45, 7) is 3.18. The molecule has 1 atom stereocenters. The lowest BCUT2D eigenvalue weighted by molar-refractivity contribution is 0.315.